The maximum atomic E-state index is 2.65. The second kappa shape index (κ2) is 32.3. The van der Waals surface area contributed by atoms with Crippen LogP contribution in [0.25, 0.3) is 20.9 Å². The van der Waals surface area contributed by atoms with Crippen molar-refractivity contribution < 1.29 is 0 Å². The van der Waals surface area contributed by atoms with Gasteiger partial charge >= 0.3 is 0.282 Å². The second-order valence-electron chi connectivity index (χ2n) is 39.9. The summed E-state index contributed by atoms with van der Waals surface area (Å²) in [6.45, 7) is 51.2. The van der Waals surface area contributed by atoms with Crippen molar-refractivity contribution >= 4 is 181 Å². The van der Waals surface area contributed by atoms with Crippen molar-refractivity contribution in [3.8, 4) is 20.9 Å². The molecule has 18 rings (SSSR count). The highest BCUT2D eigenvalue weighted by molar-refractivity contribution is 14.4. The van der Waals surface area contributed by atoms with E-state index in [1.54, 1.807) is 0 Å². The van der Waals surface area contributed by atoms with Crippen LogP contribution in [0.4, 0.5) is 68.2 Å². The summed E-state index contributed by atoms with van der Waals surface area (Å²) in [4.78, 5) is 12.9. The number of rotatable bonds is 12. The first-order valence-electron chi connectivity index (χ1n) is 42.8. The zero-order chi connectivity index (χ0) is 86.2. The number of fused-ring (bicyclic) bond motifs is 11. The molecule has 0 N–H and O–H groups in total. The highest BCUT2D eigenvalue weighted by atomic mass is 127. The third kappa shape index (κ3) is 16.0. The largest absolute Gasteiger partial charge is 0.355 e. The molecule has 121 heavy (non-hydrogen) atoms. The zero-order valence-electron chi connectivity index (χ0n) is 74.5. The number of nitrogens with zero attached hydrogens (tertiary/aromatic N) is 4. The SMILES string of the molecule is Cc1cc(N(c2ccc(C(C)(C)C)cc2)c2ccc(C(C)(C)C)cc2)cc(N(c2ccc(C(C)(C)c3ccccc3)cc2)c2csc3c2C(C)(C)c2ccccc2-3)c1.Cc1cc2c3c(c1)N(c1ccc(C(C)(C)c4ccccc4)cc1)c1c(sc4c1C(C)(C)c1ccccc1-4)B3c1cc(C(C)(C)C)ccc1N2c1ccc(C(C)(C)C)cc1.IB(I)I. The van der Waals surface area contributed by atoms with Crippen LogP contribution < -0.4 is 35.3 Å². The van der Waals surface area contributed by atoms with Gasteiger partial charge in [-0.15, -0.1) is 89.8 Å². The summed E-state index contributed by atoms with van der Waals surface area (Å²) in [6, 6.07) is 106. The van der Waals surface area contributed by atoms with Crippen LogP contribution in [-0.4, -0.2) is 6.99 Å². The Morgan fingerprint density at radius 3 is 1.18 bits per heavy atom. The number of thiophene rings is 2. The van der Waals surface area contributed by atoms with E-state index in [-0.39, 0.29) is 50.0 Å². The molecule has 0 atom stereocenters. The van der Waals surface area contributed by atoms with E-state index in [0.29, 0.717) is 0 Å². The lowest BCUT2D eigenvalue weighted by Gasteiger charge is -2.44. The fourth-order valence-electron chi connectivity index (χ4n) is 19.1. The number of anilines is 12. The van der Waals surface area contributed by atoms with Gasteiger partial charge in [0, 0.05) is 110 Å². The van der Waals surface area contributed by atoms with Crippen LogP contribution >= 0.6 is 89.8 Å². The van der Waals surface area contributed by atoms with Crippen molar-refractivity contribution in [2.24, 2.45) is 0 Å². The molecule has 0 unspecified atom stereocenters. The molecule has 4 nitrogen and oxygen atoms in total. The average molecular weight is 1960 g/mol. The Bertz CT molecular complexity index is 6130. The number of benzene rings is 12. The fourth-order valence-corrected chi connectivity index (χ4v) is 21.9. The van der Waals surface area contributed by atoms with E-state index in [1.165, 1.54) is 154 Å². The molecule has 2 aromatic heterocycles. The molecule has 4 heterocycles. The fraction of sp³-hybridized carbons (Fsp3) is 0.273. The minimum atomic E-state index is -0.167. The lowest BCUT2D eigenvalue weighted by molar-refractivity contribution is 0.590. The molecule has 0 amide bonds. The number of hydrogen-bond donors (Lipinski definition) is 0. The van der Waals surface area contributed by atoms with Gasteiger partial charge in [-0.2, -0.15) is 0 Å². The van der Waals surface area contributed by atoms with Crippen LogP contribution in [0, 0.1) is 13.8 Å². The summed E-state index contributed by atoms with van der Waals surface area (Å²) in [6.07, 6.45) is 0. The average Bonchev–Trinajstić information content (AvgIpc) is 1.56. The molecule has 0 saturated heterocycles. The molecular weight excluding hydrogens is 1840 g/mol. The smallest absolute Gasteiger partial charge is 0.311 e. The minimum Gasteiger partial charge on any atom is -0.311 e. The van der Waals surface area contributed by atoms with E-state index in [4.69, 9.17) is 0 Å². The predicted molar refractivity (Wildman–Crippen MR) is 556 cm³/mol. The molecule has 0 bridgehead atoms. The van der Waals surface area contributed by atoms with E-state index in [0.717, 1.165) is 28.7 Å². The Kier molecular flexibility index (Phi) is 23.0. The normalized spacial score (nSPS) is 14.1. The molecule has 4 aliphatic rings. The van der Waals surface area contributed by atoms with Gasteiger partial charge < -0.3 is 19.6 Å². The van der Waals surface area contributed by atoms with Gasteiger partial charge in [-0.1, -0.05) is 320 Å². The molecular formula is C110H113B2I3N4S2. The van der Waals surface area contributed by atoms with Crippen LogP contribution in [0.2, 0.25) is 0 Å². The van der Waals surface area contributed by atoms with E-state index < -0.39 is 0 Å². The summed E-state index contributed by atoms with van der Waals surface area (Å²) in [5.41, 5.74) is 38.4. The van der Waals surface area contributed by atoms with Crippen LogP contribution in [0.1, 0.15) is 216 Å². The van der Waals surface area contributed by atoms with Crippen molar-refractivity contribution in [2.45, 2.75) is 196 Å². The molecule has 0 saturated carbocycles. The second-order valence-corrected chi connectivity index (χ2v) is 52.8. The Balaban J connectivity index is 0.000000172. The number of aryl methyl sites for hydroxylation is 2. The van der Waals surface area contributed by atoms with E-state index in [9.17, 15) is 0 Å². The molecule has 11 heteroatoms. The molecule has 0 fully saturated rings. The summed E-state index contributed by atoms with van der Waals surface area (Å²) in [7, 11) is 0. The quantitative estimate of drug-likeness (QED) is 0.0893. The van der Waals surface area contributed by atoms with Gasteiger partial charge in [-0.3, -0.25) is 0 Å². The molecule has 2 aliphatic heterocycles. The summed E-state index contributed by atoms with van der Waals surface area (Å²) in [5.74, 6) is 0. The molecule has 0 spiro atoms. The standard InChI is InChI=1S/C55H55BN2S.C55H58N2S.BI3/c1-34-31-45-48-46(32-34)58(40-28-23-37(24-29-40)54(8,9)36-17-13-12-14-18-36)49-47-50(41-19-15-16-20-42(41)55(47,10)11)59-51(49)56(48)43-33-38(53(5,6)7)25-30-44(43)57(45)39-26-21-35(22-27-39)52(2,3)4;1-37-33-45(56(42-27-21-38(22-28-42)52(2,3)4)43-29-23-39(24-30-43)53(5,6)7)35-46(34-37)57(44-31-25-41(26-32-44)54(8,9)40-17-13-12-14-18-40)49-36-58-51-47-19-15-16-20-48(47)55(10,11)50(49)51;2-1(3)4/h12-33H,1-11H3;12-36H,1-11H3;. The predicted octanol–water partition coefficient (Wildman–Crippen LogP) is 31.9. The first-order chi connectivity index (χ1) is 57.1. The van der Waals surface area contributed by atoms with Crippen molar-refractivity contribution in [3.05, 3.63) is 362 Å². The summed E-state index contributed by atoms with van der Waals surface area (Å²) >= 11 is 10.9. The van der Waals surface area contributed by atoms with Crippen LogP contribution in [0.3, 0.4) is 0 Å². The summed E-state index contributed by atoms with van der Waals surface area (Å²) < 4.78 is 2.19. The molecule has 14 aromatic rings. The number of hydrogen-bond acceptors (Lipinski definition) is 6. The molecule has 2 aliphatic carbocycles. The van der Waals surface area contributed by atoms with Gasteiger partial charge in [0.1, 0.15) is 0 Å². The molecule has 0 radical (unpaired) electrons. The van der Waals surface area contributed by atoms with Crippen LogP contribution in [0.5, 0.6) is 0 Å². The van der Waals surface area contributed by atoms with Crippen LogP contribution in [-0.2, 0) is 43.3 Å². The zero-order valence-corrected chi connectivity index (χ0v) is 82.6. The third-order valence-electron chi connectivity index (χ3n) is 26.1. The summed E-state index contributed by atoms with van der Waals surface area (Å²) in [5, 5.41) is 2.39. The Morgan fingerprint density at radius 2 is 0.711 bits per heavy atom. The van der Waals surface area contributed by atoms with E-state index in [1.807, 2.05) is 22.7 Å². The van der Waals surface area contributed by atoms with Gasteiger partial charge in [-0.05, 0) is 221 Å². The Hall–Kier alpha value is -8.44. The van der Waals surface area contributed by atoms with Crippen molar-refractivity contribution in [2.75, 3.05) is 19.6 Å². The lowest BCUT2D eigenvalue weighted by atomic mass is 9.35. The lowest BCUT2D eigenvalue weighted by Crippen LogP contribution is -2.61. The first kappa shape index (κ1) is 86.1. The first-order valence-corrected chi connectivity index (χ1v) is 48.2. The van der Waals surface area contributed by atoms with Crippen molar-refractivity contribution in [1.82, 2.24) is 0 Å². The highest BCUT2D eigenvalue weighted by Gasteiger charge is 2.51. The van der Waals surface area contributed by atoms with E-state index in [2.05, 4.69) is 523 Å². The van der Waals surface area contributed by atoms with Gasteiger partial charge in [-0.25, -0.2) is 0 Å². The monoisotopic (exact) mass is 1960 g/mol. The van der Waals surface area contributed by atoms with E-state index >= 15 is 0 Å². The Morgan fingerprint density at radius 1 is 0.347 bits per heavy atom. The van der Waals surface area contributed by atoms with Gasteiger partial charge in [0.15, 0.2) is 0 Å². The van der Waals surface area contributed by atoms with Gasteiger partial charge in [0.05, 0.1) is 11.4 Å². The molecule has 12 aromatic carbocycles. The van der Waals surface area contributed by atoms with Crippen LogP contribution in [0.15, 0.2) is 284 Å². The maximum Gasteiger partial charge on any atom is 0.355 e. The maximum absolute atomic E-state index is 2.65. The van der Waals surface area contributed by atoms with Gasteiger partial charge in [0.2, 0.25) is 0 Å². The number of halogens is 3. The van der Waals surface area contributed by atoms with Gasteiger partial charge in [0.25, 0.3) is 6.71 Å². The van der Waals surface area contributed by atoms with Crippen molar-refractivity contribution in [1.29, 1.82) is 0 Å². The molecule has 612 valence electrons. The highest BCUT2D eigenvalue weighted by Crippen LogP contribution is 2.61. The Labute approximate surface area is 771 Å². The topological polar surface area (TPSA) is 13.0 Å². The van der Waals surface area contributed by atoms with Crippen molar-refractivity contribution in [3.63, 3.8) is 0 Å². The minimum absolute atomic E-state index is 0.00153. The third-order valence-corrected chi connectivity index (χ3v) is 28.3.